The molecule has 0 atom stereocenters. The van der Waals surface area contributed by atoms with Gasteiger partial charge in [0, 0.05) is 18.3 Å². The van der Waals surface area contributed by atoms with Crippen LogP contribution in [0.4, 0.5) is 5.69 Å². The summed E-state index contributed by atoms with van der Waals surface area (Å²) in [4.78, 5) is 0. The number of nitrogens with one attached hydrogen (secondary N) is 1. The van der Waals surface area contributed by atoms with E-state index in [9.17, 15) is 0 Å². The van der Waals surface area contributed by atoms with Crippen molar-refractivity contribution in [2.75, 3.05) is 12.4 Å². The van der Waals surface area contributed by atoms with Crippen LogP contribution in [0.5, 0.6) is 0 Å². The summed E-state index contributed by atoms with van der Waals surface area (Å²) in [6.07, 6.45) is 4.29. The molecule has 1 nitrogen and oxygen atoms in total. The molecule has 0 fully saturated rings. The Morgan fingerprint density at radius 2 is 1.52 bits per heavy atom. The Balaban J connectivity index is 2.40. The molecule has 0 spiro atoms. The molecule has 0 amide bonds. The van der Waals surface area contributed by atoms with Gasteiger partial charge < -0.3 is 5.32 Å². The lowest BCUT2D eigenvalue weighted by Crippen LogP contribution is -1.95. The molecule has 0 aromatic heterocycles. The predicted molar refractivity (Wildman–Crippen MR) is 104 cm³/mol. The minimum Gasteiger partial charge on any atom is -0.388 e. The zero-order chi connectivity index (χ0) is 17.1. The quantitative estimate of drug-likeness (QED) is 0.683. The molecule has 2 aromatic carbocycles. The van der Waals surface area contributed by atoms with Gasteiger partial charge in [0.15, 0.2) is 0 Å². The van der Waals surface area contributed by atoms with Gasteiger partial charge in [0.05, 0.1) is 0 Å². The van der Waals surface area contributed by atoms with Crippen LogP contribution in [0.1, 0.15) is 38.9 Å². The van der Waals surface area contributed by atoms with Crippen LogP contribution in [-0.2, 0) is 0 Å². The second-order valence-corrected chi connectivity index (χ2v) is 6.41. The zero-order valence-corrected chi connectivity index (χ0v) is 15.2. The Kier molecular flexibility index (Phi) is 5.10. The topological polar surface area (TPSA) is 12.0 Å². The zero-order valence-electron chi connectivity index (χ0n) is 15.2. The molecule has 0 heterocycles. The number of allylic oxidation sites excluding steroid dienone is 2. The summed E-state index contributed by atoms with van der Waals surface area (Å²) in [6.45, 7) is 15.0. The summed E-state index contributed by atoms with van der Waals surface area (Å²) in [5.41, 5.74) is 11.1. The van der Waals surface area contributed by atoms with Gasteiger partial charge in [-0.2, -0.15) is 0 Å². The molecule has 0 saturated carbocycles. The van der Waals surface area contributed by atoms with Gasteiger partial charge in [-0.25, -0.2) is 0 Å². The third-order valence-electron chi connectivity index (χ3n) is 4.41. The summed E-state index contributed by atoms with van der Waals surface area (Å²) in [5.74, 6) is 0. The van der Waals surface area contributed by atoms with Crippen molar-refractivity contribution in [2.24, 2.45) is 0 Å². The van der Waals surface area contributed by atoms with Crippen molar-refractivity contribution in [3.8, 4) is 0 Å². The largest absolute Gasteiger partial charge is 0.388 e. The standard InChI is InChI=1S/C22H27N/c1-14-10-17(4)19(6)21(12-14)16(3)8-9-20-18(5)11-15(2)13-22(20)23-7/h8-13,23H,3H2,1-2,4-7H3/b9-8-. The number of hydrogen-bond donors (Lipinski definition) is 1. The molecule has 0 bridgehead atoms. The molecular weight excluding hydrogens is 278 g/mol. The highest BCUT2D eigenvalue weighted by Gasteiger charge is 2.06. The van der Waals surface area contributed by atoms with E-state index in [2.05, 4.69) is 82.9 Å². The third kappa shape index (κ3) is 3.73. The average molecular weight is 305 g/mol. The first-order valence-electron chi connectivity index (χ1n) is 8.07. The van der Waals surface area contributed by atoms with Gasteiger partial charge >= 0.3 is 0 Å². The summed E-state index contributed by atoms with van der Waals surface area (Å²) < 4.78 is 0. The maximum Gasteiger partial charge on any atom is 0.0416 e. The van der Waals surface area contributed by atoms with E-state index in [-0.39, 0.29) is 0 Å². The normalized spacial score (nSPS) is 11.0. The van der Waals surface area contributed by atoms with Gasteiger partial charge in [-0.3, -0.25) is 0 Å². The van der Waals surface area contributed by atoms with Crippen LogP contribution in [0, 0.1) is 34.6 Å². The molecule has 23 heavy (non-hydrogen) atoms. The van der Waals surface area contributed by atoms with E-state index in [0.29, 0.717) is 0 Å². The van der Waals surface area contributed by atoms with E-state index in [4.69, 9.17) is 0 Å². The SMILES string of the molecule is C=C(/C=C\c1c(C)cc(C)cc1NC)c1cc(C)cc(C)c1C. The minimum atomic E-state index is 1.05. The lowest BCUT2D eigenvalue weighted by molar-refractivity contribution is 1.28. The number of aryl methyl sites for hydroxylation is 4. The van der Waals surface area contributed by atoms with E-state index in [1.165, 1.54) is 38.9 Å². The minimum absolute atomic E-state index is 1.05. The van der Waals surface area contributed by atoms with E-state index in [0.717, 1.165) is 11.3 Å². The molecule has 0 saturated heterocycles. The van der Waals surface area contributed by atoms with Crippen LogP contribution in [0.2, 0.25) is 0 Å². The maximum atomic E-state index is 4.28. The van der Waals surface area contributed by atoms with Crippen LogP contribution in [0.15, 0.2) is 36.9 Å². The first-order valence-corrected chi connectivity index (χ1v) is 8.07. The van der Waals surface area contributed by atoms with Gasteiger partial charge in [-0.1, -0.05) is 42.5 Å². The molecule has 0 aliphatic heterocycles. The lowest BCUT2D eigenvalue weighted by Gasteiger charge is -2.12. The van der Waals surface area contributed by atoms with Crippen molar-refractivity contribution < 1.29 is 0 Å². The molecule has 2 rings (SSSR count). The summed E-state index contributed by atoms with van der Waals surface area (Å²) >= 11 is 0. The summed E-state index contributed by atoms with van der Waals surface area (Å²) in [7, 11) is 1.97. The van der Waals surface area contributed by atoms with E-state index < -0.39 is 0 Å². The summed E-state index contributed by atoms with van der Waals surface area (Å²) in [5, 5.41) is 3.29. The predicted octanol–water partition coefficient (Wildman–Crippen LogP) is 6.00. The molecule has 0 aliphatic rings. The van der Waals surface area contributed by atoms with Gasteiger partial charge in [-0.15, -0.1) is 0 Å². The highest BCUT2D eigenvalue weighted by Crippen LogP contribution is 2.27. The van der Waals surface area contributed by atoms with Crippen LogP contribution in [0.3, 0.4) is 0 Å². The van der Waals surface area contributed by atoms with Gasteiger partial charge in [0.1, 0.15) is 0 Å². The Morgan fingerprint density at radius 3 is 2.17 bits per heavy atom. The monoisotopic (exact) mass is 305 g/mol. The van der Waals surface area contributed by atoms with Crippen molar-refractivity contribution in [2.45, 2.75) is 34.6 Å². The smallest absolute Gasteiger partial charge is 0.0416 e. The number of anilines is 1. The molecule has 1 heteroatoms. The average Bonchev–Trinajstić information content (AvgIpc) is 2.48. The van der Waals surface area contributed by atoms with Crippen LogP contribution in [0.25, 0.3) is 11.6 Å². The van der Waals surface area contributed by atoms with Crippen molar-refractivity contribution in [1.29, 1.82) is 0 Å². The highest BCUT2D eigenvalue weighted by atomic mass is 14.8. The van der Waals surface area contributed by atoms with E-state index in [1.54, 1.807) is 0 Å². The first kappa shape index (κ1) is 17.1. The molecule has 0 unspecified atom stereocenters. The Bertz CT molecular complexity index is 779. The Labute approximate surface area is 140 Å². The van der Waals surface area contributed by atoms with Gasteiger partial charge in [0.25, 0.3) is 0 Å². The molecule has 2 aromatic rings. The Hall–Kier alpha value is -2.28. The molecule has 0 aliphatic carbocycles. The van der Waals surface area contributed by atoms with Crippen molar-refractivity contribution >= 4 is 17.3 Å². The first-order chi connectivity index (χ1) is 10.8. The van der Waals surface area contributed by atoms with Crippen LogP contribution >= 0.6 is 0 Å². The molecule has 120 valence electrons. The van der Waals surface area contributed by atoms with Crippen molar-refractivity contribution in [3.05, 3.63) is 75.9 Å². The second kappa shape index (κ2) is 6.87. The molecular formula is C22H27N. The van der Waals surface area contributed by atoms with Gasteiger partial charge in [0.2, 0.25) is 0 Å². The second-order valence-electron chi connectivity index (χ2n) is 6.41. The Morgan fingerprint density at radius 1 is 0.913 bits per heavy atom. The highest BCUT2D eigenvalue weighted by molar-refractivity contribution is 5.82. The lowest BCUT2D eigenvalue weighted by atomic mass is 9.94. The molecule has 0 radical (unpaired) electrons. The number of rotatable bonds is 4. The fourth-order valence-corrected chi connectivity index (χ4v) is 3.05. The van der Waals surface area contributed by atoms with Crippen molar-refractivity contribution in [1.82, 2.24) is 0 Å². The van der Waals surface area contributed by atoms with Gasteiger partial charge in [-0.05, 0) is 74.1 Å². The summed E-state index contributed by atoms with van der Waals surface area (Å²) in [6, 6.07) is 8.83. The molecule has 1 N–H and O–H groups in total. The maximum absolute atomic E-state index is 4.28. The van der Waals surface area contributed by atoms with Crippen LogP contribution in [-0.4, -0.2) is 7.05 Å². The fraction of sp³-hybridized carbons (Fsp3) is 0.273. The van der Waals surface area contributed by atoms with Crippen LogP contribution < -0.4 is 5.32 Å². The van der Waals surface area contributed by atoms with E-state index >= 15 is 0 Å². The van der Waals surface area contributed by atoms with E-state index in [1.807, 2.05) is 7.05 Å². The fourth-order valence-electron chi connectivity index (χ4n) is 3.05. The number of hydrogen-bond acceptors (Lipinski definition) is 1. The number of benzene rings is 2. The van der Waals surface area contributed by atoms with Crippen molar-refractivity contribution in [3.63, 3.8) is 0 Å². The third-order valence-corrected chi connectivity index (χ3v) is 4.41.